The van der Waals surface area contributed by atoms with Gasteiger partial charge in [-0.2, -0.15) is 0 Å². The first-order valence-electron chi connectivity index (χ1n) is 5.08. The molecule has 5 nitrogen and oxygen atoms in total. The molecular weight excluding hydrogens is 202 g/mol. The SMILES string of the molecule is NCCNc1ccc(-c2cccnc2)nn1. The average molecular weight is 215 g/mol. The van der Waals surface area contributed by atoms with Gasteiger partial charge < -0.3 is 11.1 Å². The molecule has 0 saturated carbocycles. The van der Waals surface area contributed by atoms with E-state index in [2.05, 4.69) is 20.5 Å². The van der Waals surface area contributed by atoms with E-state index in [-0.39, 0.29) is 0 Å². The lowest BCUT2D eigenvalue weighted by atomic mass is 10.2. The zero-order valence-electron chi connectivity index (χ0n) is 8.80. The summed E-state index contributed by atoms with van der Waals surface area (Å²) in [5.74, 6) is 0.734. The van der Waals surface area contributed by atoms with Crippen molar-refractivity contribution in [2.24, 2.45) is 5.73 Å². The highest BCUT2D eigenvalue weighted by atomic mass is 15.2. The van der Waals surface area contributed by atoms with Crippen LogP contribution < -0.4 is 11.1 Å². The number of nitrogens with zero attached hydrogens (tertiary/aromatic N) is 3. The molecule has 0 bridgehead atoms. The highest BCUT2D eigenvalue weighted by Crippen LogP contribution is 2.14. The number of aromatic nitrogens is 3. The summed E-state index contributed by atoms with van der Waals surface area (Å²) in [5.41, 5.74) is 7.15. The van der Waals surface area contributed by atoms with E-state index in [9.17, 15) is 0 Å². The normalized spacial score (nSPS) is 10.1. The summed E-state index contributed by atoms with van der Waals surface area (Å²) in [4.78, 5) is 4.03. The summed E-state index contributed by atoms with van der Waals surface area (Å²) in [7, 11) is 0. The first-order chi connectivity index (χ1) is 7.90. The zero-order valence-corrected chi connectivity index (χ0v) is 8.80. The molecule has 82 valence electrons. The molecule has 2 heterocycles. The number of rotatable bonds is 4. The number of pyridine rings is 1. The molecule has 0 amide bonds. The number of anilines is 1. The van der Waals surface area contributed by atoms with Gasteiger partial charge in [-0.15, -0.1) is 10.2 Å². The molecule has 0 radical (unpaired) electrons. The van der Waals surface area contributed by atoms with Crippen molar-refractivity contribution >= 4 is 5.82 Å². The molecular formula is C11H13N5. The van der Waals surface area contributed by atoms with E-state index < -0.39 is 0 Å². The quantitative estimate of drug-likeness (QED) is 0.792. The minimum absolute atomic E-state index is 0.575. The van der Waals surface area contributed by atoms with Crippen molar-refractivity contribution < 1.29 is 0 Å². The third-order valence-electron chi connectivity index (χ3n) is 2.07. The number of nitrogens with one attached hydrogen (secondary N) is 1. The van der Waals surface area contributed by atoms with E-state index in [1.54, 1.807) is 12.4 Å². The van der Waals surface area contributed by atoms with Gasteiger partial charge in [0.1, 0.15) is 5.82 Å². The zero-order chi connectivity index (χ0) is 11.2. The van der Waals surface area contributed by atoms with Gasteiger partial charge in [0.25, 0.3) is 0 Å². The molecule has 16 heavy (non-hydrogen) atoms. The molecule has 2 rings (SSSR count). The minimum atomic E-state index is 0.575. The number of hydrogen-bond acceptors (Lipinski definition) is 5. The maximum absolute atomic E-state index is 5.38. The molecule has 2 aromatic rings. The minimum Gasteiger partial charge on any atom is -0.367 e. The Hall–Kier alpha value is -2.01. The van der Waals surface area contributed by atoms with Gasteiger partial charge in [0, 0.05) is 31.0 Å². The second-order valence-corrected chi connectivity index (χ2v) is 3.26. The Labute approximate surface area is 93.7 Å². The van der Waals surface area contributed by atoms with Gasteiger partial charge in [0.05, 0.1) is 5.69 Å². The fourth-order valence-electron chi connectivity index (χ4n) is 1.30. The molecule has 0 aliphatic heterocycles. The fraction of sp³-hybridized carbons (Fsp3) is 0.182. The molecule has 0 atom stereocenters. The van der Waals surface area contributed by atoms with Crippen molar-refractivity contribution in [2.75, 3.05) is 18.4 Å². The summed E-state index contributed by atoms with van der Waals surface area (Å²) in [6.45, 7) is 1.27. The van der Waals surface area contributed by atoms with Crippen LogP contribution in [0.3, 0.4) is 0 Å². The van der Waals surface area contributed by atoms with Crippen molar-refractivity contribution in [1.82, 2.24) is 15.2 Å². The van der Waals surface area contributed by atoms with E-state index in [0.29, 0.717) is 13.1 Å². The van der Waals surface area contributed by atoms with Gasteiger partial charge in [-0.1, -0.05) is 0 Å². The van der Waals surface area contributed by atoms with Crippen LogP contribution in [0.2, 0.25) is 0 Å². The lowest BCUT2D eigenvalue weighted by Gasteiger charge is -2.03. The Morgan fingerprint density at radius 2 is 2.12 bits per heavy atom. The molecule has 0 saturated heterocycles. The van der Waals surface area contributed by atoms with Crippen LogP contribution in [0.1, 0.15) is 0 Å². The molecule has 2 aromatic heterocycles. The van der Waals surface area contributed by atoms with E-state index in [1.165, 1.54) is 0 Å². The van der Waals surface area contributed by atoms with Crippen LogP contribution in [0, 0.1) is 0 Å². The highest BCUT2D eigenvalue weighted by Gasteiger charge is 1.99. The molecule has 3 N–H and O–H groups in total. The molecule has 0 aliphatic rings. The van der Waals surface area contributed by atoms with Crippen molar-refractivity contribution in [2.45, 2.75) is 0 Å². The van der Waals surface area contributed by atoms with Gasteiger partial charge in [0.15, 0.2) is 0 Å². The summed E-state index contributed by atoms with van der Waals surface area (Å²) in [5, 5.41) is 11.2. The molecule has 0 spiro atoms. The Kier molecular flexibility index (Phi) is 3.40. The fourth-order valence-corrected chi connectivity index (χ4v) is 1.30. The van der Waals surface area contributed by atoms with Crippen LogP contribution in [-0.4, -0.2) is 28.3 Å². The monoisotopic (exact) mass is 215 g/mol. The summed E-state index contributed by atoms with van der Waals surface area (Å²) in [6, 6.07) is 7.61. The lowest BCUT2D eigenvalue weighted by molar-refractivity contribution is 0.973. The molecule has 0 unspecified atom stereocenters. The van der Waals surface area contributed by atoms with Gasteiger partial charge in [-0.3, -0.25) is 4.98 Å². The Morgan fingerprint density at radius 3 is 2.75 bits per heavy atom. The van der Waals surface area contributed by atoms with Crippen LogP contribution in [0.25, 0.3) is 11.3 Å². The van der Waals surface area contributed by atoms with Crippen molar-refractivity contribution in [1.29, 1.82) is 0 Å². The van der Waals surface area contributed by atoms with Crippen LogP contribution >= 0.6 is 0 Å². The van der Waals surface area contributed by atoms with Gasteiger partial charge >= 0.3 is 0 Å². The number of hydrogen-bond donors (Lipinski definition) is 2. The Morgan fingerprint density at radius 1 is 1.19 bits per heavy atom. The second-order valence-electron chi connectivity index (χ2n) is 3.26. The van der Waals surface area contributed by atoms with Crippen molar-refractivity contribution in [3.8, 4) is 11.3 Å². The van der Waals surface area contributed by atoms with Crippen LogP contribution in [-0.2, 0) is 0 Å². The third kappa shape index (κ3) is 2.52. The summed E-state index contributed by atoms with van der Waals surface area (Å²) >= 11 is 0. The van der Waals surface area contributed by atoms with Crippen LogP contribution in [0.5, 0.6) is 0 Å². The molecule has 0 aromatic carbocycles. The van der Waals surface area contributed by atoms with Gasteiger partial charge in [0.2, 0.25) is 0 Å². The van der Waals surface area contributed by atoms with E-state index in [0.717, 1.165) is 17.1 Å². The molecule has 5 heteroatoms. The van der Waals surface area contributed by atoms with Crippen LogP contribution in [0.4, 0.5) is 5.82 Å². The Bertz CT molecular complexity index is 426. The first kappa shape index (κ1) is 10.5. The second kappa shape index (κ2) is 5.18. The maximum atomic E-state index is 5.38. The topological polar surface area (TPSA) is 76.7 Å². The lowest BCUT2D eigenvalue weighted by Crippen LogP contribution is -2.14. The largest absolute Gasteiger partial charge is 0.367 e. The van der Waals surface area contributed by atoms with E-state index >= 15 is 0 Å². The van der Waals surface area contributed by atoms with Gasteiger partial charge in [-0.25, -0.2) is 0 Å². The van der Waals surface area contributed by atoms with Crippen molar-refractivity contribution in [3.05, 3.63) is 36.7 Å². The standard InChI is InChI=1S/C11H13N5/c12-5-7-14-11-4-3-10(15-16-11)9-2-1-6-13-8-9/h1-4,6,8H,5,7,12H2,(H,14,16). The summed E-state index contributed by atoms with van der Waals surface area (Å²) in [6.07, 6.45) is 3.49. The molecule has 0 fully saturated rings. The van der Waals surface area contributed by atoms with E-state index in [1.807, 2.05) is 24.3 Å². The summed E-state index contributed by atoms with van der Waals surface area (Å²) < 4.78 is 0. The van der Waals surface area contributed by atoms with Crippen molar-refractivity contribution in [3.63, 3.8) is 0 Å². The maximum Gasteiger partial charge on any atom is 0.148 e. The third-order valence-corrected chi connectivity index (χ3v) is 2.07. The van der Waals surface area contributed by atoms with Gasteiger partial charge in [-0.05, 0) is 24.3 Å². The predicted octanol–water partition coefficient (Wildman–Crippen LogP) is 0.909. The average Bonchev–Trinajstić information content (AvgIpc) is 2.38. The highest BCUT2D eigenvalue weighted by molar-refractivity contribution is 5.57. The molecule has 0 aliphatic carbocycles. The van der Waals surface area contributed by atoms with E-state index in [4.69, 9.17) is 5.73 Å². The predicted molar refractivity (Wildman–Crippen MR) is 62.8 cm³/mol. The van der Waals surface area contributed by atoms with Crippen LogP contribution in [0.15, 0.2) is 36.7 Å². The Balaban J connectivity index is 2.13. The first-order valence-corrected chi connectivity index (χ1v) is 5.08. The number of nitrogens with two attached hydrogens (primary N) is 1. The smallest absolute Gasteiger partial charge is 0.148 e.